The predicted octanol–water partition coefficient (Wildman–Crippen LogP) is 1.25. The summed E-state index contributed by atoms with van der Waals surface area (Å²) in [5.74, 6) is -3.61. The van der Waals surface area contributed by atoms with Crippen LogP contribution in [-0.2, 0) is 35.2 Å². The topological polar surface area (TPSA) is 219 Å². The Bertz CT molecular complexity index is 1410. The summed E-state index contributed by atoms with van der Waals surface area (Å²) < 4.78 is 0. The highest BCUT2D eigenvalue weighted by Crippen LogP contribution is 2.22. The second kappa shape index (κ2) is 17.8. The number of rotatable bonds is 15. The predicted molar refractivity (Wildman–Crippen MR) is 175 cm³/mol. The summed E-state index contributed by atoms with van der Waals surface area (Å²) in [6.07, 6.45) is 2.90. The van der Waals surface area contributed by atoms with E-state index in [0.717, 1.165) is 11.8 Å². The van der Waals surface area contributed by atoms with Crippen LogP contribution in [0.5, 0.6) is 0 Å². The molecule has 2 aliphatic heterocycles. The molecule has 15 heteroatoms. The average molecular weight is 668 g/mol. The Morgan fingerprint density at radius 1 is 0.938 bits per heavy atom. The van der Waals surface area contributed by atoms with Gasteiger partial charge < -0.3 is 36.6 Å². The van der Waals surface area contributed by atoms with Crippen LogP contribution in [0.4, 0.5) is 0 Å². The molecule has 260 valence electrons. The van der Waals surface area contributed by atoms with Gasteiger partial charge in [0.2, 0.25) is 40.8 Å². The zero-order chi connectivity index (χ0) is 35.4. The van der Waals surface area contributed by atoms with E-state index in [9.17, 15) is 33.9 Å². The van der Waals surface area contributed by atoms with E-state index in [4.69, 9.17) is 11.1 Å². The highest BCUT2D eigenvalue weighted by atomic mass is 16.3. The van der Waals surface area contributed by atoms with Crippen LogP contribution >= 0.6 is 0 Å². The molecule has 2 aliphatic rings. The van der Waals surface area contributed by atoms with Crippen molar-refractivity contribution < 1.29 is 33.9 Å². The van der Waals surface area contributed by atoms with Crippen LogP contribution in [0.2, 0.25) is 0 Å². The highest BCUT2D eigenvalue weighted by molar-refractivity contribution is 5.96. The van der Waals surface area contributed by atoms with Gasteiger partial charge in [-0.15, -0.1) is 0 Å². The van der Waals surface area contributed by atoms with Crippen LogP contribution in [0.3, 0.4) is 0 Å². The number of benzene rings is 1. The Labute approximate surface area is 280 Å². The van der Waals surface area contributed by atoms with E-state index < -0.39 is 59.7 Å². The molecule has 2 fully saturated rings. The number of aliphatic hydroxyl groups is 1. The van der Waals surface area contributed by atoms with E-state index in [1.165, 1.54) is 16.7 Å². The summed E-state index contributed by atoms with van der Waals surface area (Å²) in [5.41, 5.74) is 6.41. The molecule has 48 heavy (non-hydrogen) atoms. The fourth-order valence-corrected chi connectivity index (χ4v) is 6.19. The van der Waals surface area contributed by atoms with Gasteiger partial charge in [0.15, 0.2) is 10.7 Å². The number of diazo groups is 1. The molecule has 15 nitrogen and oxygen atoms in total. The van der Waals surface area contributed by atoms with E-state index in [-0.39, 0.29) is 49.8 Å². The third-order valence-electron chi connectivity index (χ3n) is 8.59. The quantitative estimate of drug-likeness (QED) is 0.135. The number of nitrogens with two attached hydrogens (primary N) is 1. The van der Waals surface area contributed by atoms with Crippen molar-refractivity contribution in [3.63, 3.8) is 0 Å². The molecule has 6 N–H and O–H groups in total. The number of primary amides is 1. The third-order valence-corrected chi connectivity index (χ3v) is 8.59. The first kappa shape index (κ1) is 37.5. The van der Waals surface area contributed by atoms with Crippen LogP contribution < -0.4 is 21.7 Å². The van der Waals surface area contributed by atoms with Crippen molar-refractivity contribution >= 4 is 35.4 Å². The minimum absolute atomic E-state index is 0.0481. The maximum absolute atomic E-state index is 14.0. The number of allylic oxidation sites excluding steroid dienone is 1. The summed E-state index contributed by atoms with van der Waals surface area (Å²) in [7, 11) is 0. The van der Waals surface area contributed by atoms with Crippen molar-refractivity contribution in [3.05, 3.63) is 52.8 Å². The Hall–Kier alpha value is -5.00. The summed E-state index contributed by atoms with van der Waals surface area (Å²) in [4.78, 5) is 84.3. The van der Waals surface area contributed by atoms with Gasteiger partial charge in [0.1, 0.15) is 30.2 Å². The lowest BCUT2D eigenvalue weighted by molar-refractivity contribution is -0.143. The number of carbonyl (C=O) groups excluding carboxylic acids is 6. The Morgan fingerprint density at radius 2 is 1.52 bits per heavy atom. The summed E-state index contributed by atoms with van der Waals surface area (Å²) in [5, 5.41) is 26.9. The maximum Gasteiger partial charge on any atom is 0.387 e. The van der Waals surface area contributed by atoms with Crippen LogP contribution in [0.15, 0.2) is 42.3 Å². The lowest BCUT2D eigenvalue weighted by Gasteiger charge is -2.31. The molecular formula is C33H47N8O7+. The molecule has 0 spiro atoms. The van der Waals surface area contributed by atoms with Gasteiger partial charge >= 0.3 is 6.20 Å². The van der Waals surface area contributed by atoms with Gasteiger partial charge in [-0.3, -0.25) is 28.8 Å². The zero-order valence-corrected chi connectivity index (χ0v) is 27.8. The number of nitrogens with zero attached hydrogens (tertiary/aromatic N) is 4. The summed E-state index contributed by atoms with van der Waals surface area (Å²) in [6.45, 7) is 5.78. The first-order valence-electron chi connectivity index (χ1n) is 16.4. The third kappa shape index (κ3) is 10.5. The molecule has 5 atom stereocenters. The van der Waals surface area contributed by atoms with Crippen LogP contribution in [0.25, 0.3) is 4.98 Å². The van der Waals surface area contributed by atoms with Crippen molar-refractivity contribution in [3.8, 4) is 0 Å². The van der Waals surface area contributed by atoms with Crippen LogP contribution in [0, 0.1) is 11.3 Å². The number of hydrogen-bond acceptors (Lipinski definition) is 8. The second-order valence-electron chi connectivity index (χ2n) is 12.7. The highest BCUT2D eigenvalue weighted by Gasteiger charge is 2.40. The van der Waals surface area contributed by atoms with E-state index in [1.54, 1.807) is 0 Å². The minimum Gasteiger partial charge on any atom is -0.505 e. The van der Waals surface area contributed by atoms with Gasteiger partial charge in [-0.05, 0) is 50.0 Å². The van der Waals surface area contributed by atoms with Gasteiger partial charge in [-0.1, -0.05) is 44.2 Å². The van der Waals surface area contributed by atoms with Crippen molar-refractivity contribution in [1.29, 1.82) is 5.39 Å². The molecule has 1 aromatic rings. The van der Waals surface area contributed by atoms with Crippen molar-refractivity contribution in [2.24, 2.45) is 11.7 Å². The van der Waals surface area contributed by atoms with Crippen molar-refractivity contribution in [2.45, 2.75) is 102 Å². The van der Waals surface area contributed by atoms with Crippen molar-refractivity contribution in [1.82, 2.24) is 25.8 Å². The van der Waals surface area contributed by atoms with Gasteiger partial charge in [0, 0.05) is 32.9 Å². The van der Waals surface area contributed by atoms with Gasteiger partial charge in [-0.2, -0.15) is 0 Å². The Balaban J connectivity index is 1.77. The summed E-state index contributed by atoms with van der Waals surface area (Å²) in [6, 6.07) is 4.17. The van der Waals surface area contributed by atoms with Gasteiger partial charge in [0.25, 0.3) is 0 Å². The fourth-order valence-electron chi connectivity index (χ4n) is 6.19. The second-order valence-corrected chi connectivity index (χ2v) is 12.7. The average Bonchev–Trinajstić information content (AvgIpc) is 3.73. The van der Waals surface area contributed by atoms with Gasteiger partial charge in [0.05, 0.1) is 0 Å². The number of aliphatic hydroxyl groups excluding tert-OH is 1. The lowest BCUT2D eigenvalue weighted by Crippen LogP contribution is -2.59. The molecule has 0 bridgehead atoms. The lowest BCUT2D eigenvalue weighted by atomic mass is 10.0. The Kier molecular flexibility index (Phi) is 13.9. The first-order chi connectivity index (χ1) is 22.8. The fraction of sp³-hybridized carbons (Fsp3) is 0.576. The van der Waals surface area contributed by atoms with E-state index in [2.05, 4.69) is 20.9 Å². The van der Waals surface area contributed by atoms with E-state index in [0.29, 0.717) is 32.2 Å². The minimum atomic E-state index is -1.21. The maximum atomic E-state index is 14.0. The smallest absolute Gasteiger partial charge is 0.387 e. The standard InChI is InChI=1S/C33H46N8O7/c1-20(2)17-26(33(48)41-16-8-12-28(41)32(47)38-25(29(34)44)18-22-9-5-4-6-10-22)39-30(45)24(14-13-23(43)19-36-35)37-31(46)27-11-7-15-40(27)21(3)42/h4-6,9-10,19-20,24-28H,7-8,11-18H2,1-3H3,(H5-,34,37,38,39,43,44,45,46,47)/p+1/b23-19-/t24-,25+,26+,27-,28-/m1/s1. The Morgan fingerprint density at radius 3 is 2.08 bits per heavy atom. The molecule has 6 amide bonds. The largest absolute Gasteiger partial charge is 0.505 e. The van der Waals surface area contributed by atoms with E-state index >= 15 is 0 Å². The molecule has 0 aromatic heterocycles. The number of amides is 6. The number of likely N-dealkylation sites (tertiary alicyclic amines) is 2. The zero-order valence-electron chi connectivity index (χ0n) is 27.8. The number of nitrogens with one attached hydrogen (secondary N) is 3. The van der Waals surface area contributed by atoms with Crippen LogP contribution in [-0.4, -0.2) is 93.6 Å². The van der Waals surface area contributed by atoms with E-state index in [1.807, 2.05) is 44.2 Å². The molecule has 1 aromatic carbocycles. The molecule has 0 radical (unpaired) electrons. The molecule has 2 heterocycles. The molecule has 0 saturated carbocycles. The molecule has 0 aliphatic carbocycles. The molecule has 2 saturated heterocycles. The molecular weight excluding hydrogens is 620 g/mol. The van der Waals surface area contributed by atoms with Crippen molar-refractivity contribution in [2.75, 3.05) is 13.1 Å². The molecule has 0 unspecified atom stereocenters. The normalized spacial score (nSPS) is 19.6. The number of hydrogen-bond donors (Lipinski definition) is 5. The van der Waals surface area contributed by atoms with Gasteiger partial charge in [-0.25, -0.2) is 0 Å². The monoisotopic (exact) mass is 667 g/mol. The van der Waals surface area contributed by atoms with Crippen LogP contribution in [0.1, 0.15) is 71.3 Å². The summed E-state index contributed by atoms with van der Waals surface area (Å²) >= 11 is 0. The SMILES string of the molecule is CC(=O)N1CCC[C@@H]1C(=O)N[C@H](CC/C(O)=C/[N+]#N)C(=O)N[C@@H](CC(C)C)C(=O)N1CCC[C@@H]1C(=O)N[C@@H](Cc1ccccc1)C(N)=O. The molecule has 3 rings (SSSR count). The first-order valence-corrected chi connectivity index (χ1v) is 16.4. The number of carbonyl (C=O) groups is 6.